The zero-order chi connectivity index (χ0) is 18.0. The van der Waals surface area contributed by atoms with Gasteiger partial charge in [0.2, 0.25) is 0 Å². The summed E-state index contributed by atoms with van der Waals surface area (Å²) in [7, 11) is 0. The van der Waals surface area contributed by atoms with Crippen LogP contribution in [0.5, 0.6) is 0 Å². The van der Waals surface area contributed by atoms with Gasteiger partial charge in [0.05, 0.1) is 15.7 Å². The molecule has 2 aromatic heterocycles. The first-order valence-corrected chi connectivity index (χ1v) is 10.5. The summed E-state index contributed by atoms with van der Waals surface area (Å²) in [4.78, 5) is 0. The van der Waals surface area contributed by atoms with Crippen LogP contribution in [0.15, 0.2) is 89.4 Å². The number of hydrogen-bond donors (Lipinski definition) is 0. The molecule has 0 aliphatic carbocycles. The highest BCUT2D eigenvalue weighted by Gasteiger charge is 2.18. The third kappa shape index (κ3) is 2.10. The predicted octanol–water partition coefficient (Wildman–Crippen LogP) is 7.91. The number of fused-ring (bicyclic) bond motifs is 7. The number of thiophene rings is 1. The van der Waals surface area contributed by atoms with Gasteiger partial charge in [-0.15, -0.1) is 11.3 Å². The summed E-state index contributed by atoms with van der Waals surface area (Å²) in [6.07, 6.45) is 0. The Labute approximate surface area is 168 Å². The Kier molecular flexibility index (Phi) is 3.25. The SMILES string of the molecule is Brc1cccc2c1c1ccc3c4ccccc4sc3c1n2-c1ccccc1. The van der Waals surface area contributed by atoms with Gasteiger partial charge in [0, 0.05) is 36.4 Å². The van der Waals surface area contributed by atoms with Gasteiger partial charge in [-0.25, -0.2) is 0 Å². The van der Waals surface area contributed by atoms with Gasteiger partial charge in [-0.05, 0) is 30.3 Å². The van der Waals surface area contributed by atoms with E-state index in [4.69, 9.17) is 0 Å². The first kappa shape index (κ1) is 15.4. The smallest absolute Gasteiger partial charge is 0.0720 e. The Hall–Kier alpha value is -2.62. The Morgan fingerprint density at radius 1 is 0.667 bits per heavy atom. The number of aromatic nitrogens is 1. The highest BCUT2D eigenvalue weighted by molar-refractivity contribution is 9.10. The molecule has 3 heteroatoms. The molecule has 1 nitrogen and oxygen atoms in total. The van der Waals surface area contributed by atoms with Crippen molar-refractivity contribution in [3.8, 4) is 5.69 Å². The maximum absolute atomic E-state index is 3.79. The van der Waals surface area contributed by atoms with Crippen molar-refractivity contribution in [3.63, 3.8) is 0 Å². The topological polar surface area (TPSA) is 4.93 Å². The van der Waals surface area contributed by atoms with E-state index in [9.17, 15) is 0 Å². The molecular formula is C24H14BrNS. The number of para-hydroxylation sites is 1. The lowest BCUT2D eigenvalue weighted by molar-refractivity contribution is 1.19. The normalized spacial score (nSPS) is 11.9. The molecule has 4 aromatic carbocycles. The van der Waals surface area contributed by atoms with E-state index >= 15 is 0 Å². The van der Waals surface area contributed by atoms with Crippen molar-refractivity contribution in [1.29, 1.82) is 0 Å². The minimum absolute atomic E-state index is 1.14. The number of halogens is 1. The van der Waals surface area contributed by atoms with Crippen LogP contribution in [0.1, 0.15) is 0 Å². The molecule has 0 aliphatic heterocycles. The van der Waals surface area contributed by atoms with Crippen LogP contribution in [0.4, 0.5) is 0 Å². The molecule has 0 fully saturated rings. The second-order valence-electron chi connectivity index (χ2n) is 6.74. The van der Waals surface area contributed by atoms with Gasteiger partial charge >= 0.3 is 0 Å². The second kappa shape index (κ2) is 5.69. The number of rotatable bonds is 1. The standard InChI is InChI=1S/C24H14BrNS/c25-19-10-6-11-20-22(19)18-14-13-17-16-9-4-5-12-21(16)27-24(17)23(18)26(20)15-7-2-1-3-8-15/h1-14H. The van der Waals surface area contributed by atoms with Crippen LogP contribution >= 0.6 is 27.3 Å². The van der Waals surface area contributed by atoms with Crippen molar-refractivity contribution in [2.45, 2.75) is 0 Å². The van der Waals surface area contributed by atoms with Crippen molar-refractivity contribution in [2.24, 2.45) is 0 Å². The van der Waals surface area contributed by atoms with Gasteiger partial charge in [0.15, 0.2) is 0 Å². The van der Waals surface area contributed by atoms with Crippen molar-refractivity contribution >= 4 is 69.2 Å². The summed E-state index contributed by atoms with van der Waals surface area (Å²) in [5.74, 6) is 0. The lowest BCUT2D eigenvalue weighted by Gasteiger charge is -2.08. The minimum Gasteiger partial charge on any atom is -0.308 e. The lowest BCUT2D eigenvalue weighted by Crippen LogP contribution is -1.93. The van der Waals surface area contributed by atoms with Gasteiger partial charge < -0.3 is 4.57 Å². The fraction of sp³-hybridized carbons (Fsp3) is 0. The molecule has 0 saturated carbocycles. The molecule has 6 aromatic rings. The highest BCUT2D eigenvalue weighted by atomic mass is 79.9. The molecule has 128 valence electrons. The molecule has 0 saturated heterocycles. The van der Waals surface area contributed by atoms with Crippen molar-refractivity contribution in [1.82, 2.24) is 4.57 Å². The maximum Gasteiger partial charge on any atom is 0.0720 e. The van der Waals surface area contributed by atoms with E-state index in [0.29, 0.717) is 0 Å². The molecule has 2 heterocycles. The summed E-state index contributed by atoms with van der Waals surface area (Å²) < 4.78 is 6.23. The van der Waals surface area contributed by atoms with Crippen LogP contribution in [-0.2, 0) is 0 Å². The van der Waals surface area contributed by atoms with E-state index in [0.717, 1.165) is 4.47 Å². The lowest BCUT2D eigenvalue weighted by atomic mass is 10.1. The summed E-state index contributed by atoms with van der Waals surface area (Å²) in [6.45, 7) is 0. The van der Waals surface area contributed by atoms with Gasteiger partial charge in [-0.3, -0.25) is 0 Å². The summed E-state index contributed by atoms with van der Waals surface area (Å²) >= 11 is 5.68. The first-order valence-electron chi connectivity index (χ1n) is 8.91. The van der Waals surface area contributed by atoms with Crippen LogP contribution in [0.2, 0.25) is 0 Å². The quantitative estimate of drug-likeness (QED) is 0.251. The monoisotopic (exact) mass is 427 g/mol. The third-order valence-corrected chi connectivity index (χ3v) is 7.11. The van der Waals surface area contributed by atoms with Crippen LogP contribution in [0, 0.1) is 0 Å². The fourth-order valence-corrected chi connectivity index (χ4v) is 5.94. The molecule has 0 amide bonds. The molecule has 0 radical (unpaired) electrons. The average Bonchev–Trinajstić information content (AvgIpc) is 3.25. The molecular weight excluding hydrogens is 414 g/mol. The van der Waals surface area contributed by atoms with Crippen molar-refractivity contribution in [2.75, 3.05) is 0 Å². The zero-order valence-corrected chi connectivity index (χ0v) is 16.7. The van der Waals surface area contributed by atoms with Crippen LogP contribution in [0.3, 0.4) is 0 Å². The van der Waals surface area contributed by atoms with Gasteiger partial charge in [0.25, 0.3) is 0 Å². The Morgan fingerprint density at radius 2 is 1.44 bits per heavy atom. The highest BCUT2D eigenvalue weighted by Crippen LogP contribution is 2.44. The molecule has 6 rings (SSSR count). The van der Waals surface area contributed by atoms with E-state index < -0.39 is 0 Å². The molecule has 0 aliphatic rings. The Bertz CT molecular complexity index is 1470. The van der Waals surface area contributed by atoms with Crippen LogP contribution in [-0.4, -0.2) is 4.57 Å². The molecule has 0 unspecified atom stereocenters. The number of hydrogen-bond acceptors (Lipinski definition) is 1. The maximum atomic E-state index is 3.79. The van der Waals surface area contributed by atoms with E-state index in [1.54, 1.807) is 0 Å². The van der Waals surface area contributed by atoms with Gasteiger partial charge in [-0.1, -0.05) is 70.5 Å². The average molecular weight is 428 g/mol. The van der Waals surface area contributed by atoms with Gasteiger partial charge in [-0.2, -0.15) is 0 Å². The first-order chi connectivity index (χ1) is 13.3. The molecule has 0 atom stereocenters. The molecule has 0 N–H and O–H groups in total. The summed E-state index contributed by atoms with van der Waals surface area (Å²) in [6, 6.07) is 30.4. The summed E-state index contributed by atoms with van der Waals surface area (Å²) in [5, 5.41) is 5.23. The van der Waals surface area contributed by atoms with E-state index in [-0.39, 0.29) is 0 Å². The fourth-order valence-electron chi connectivity index (χ4n) is 4.13. The zero-order valence-electron chi connectivity index (χ0n) is 14.3. The predicted molar refractivity (Wildman–Crippen MR) is 121 cm³/mol. The van der Waals surface area contributed by atoms with Crippen molar-refractivity contribution < 1.29 is 0 Å². The Balaban J connectivity index is 1.94. The molecule has 0 spiro atoms. The van der Waals surface area contributed by atoms with Crippen LogP contribution in [0.25, 0.3) is 47.7 Å². The Morgan fingerprint density at radius 3 is 2.33 bits per heavy atom. The largest absolute Gasteiger partial charge is 0.308 e. The third-order valence-electron chi connectivity index (χ3n) is 5.26. The molecule has 0 bridgehead atoms. The van der Waals surface area contributed by atoms with Crippen molar-refractivity contribution in [3.05, 3.63) is 89.4 Å². The van der Waals surface area contributed by atoms with E-state index in [2.05, 4.69) is 105 Å². The number of nitrogens with zero attached hydrogens (tertiary/aromatic N) is 1. The molecule has 27 heavy (non-hydrogen) atoms. The van der Waals surface area contributed by atoms with E-state index in [1.807, 2.05) is 11.3 Å². The second-order valence-corrected chi connectivity index (χ2v) is 8.65. The van der Waals surface area contributed by atoms with Gasteiger partial charge in [0.1, 0.15) is 0 Å². The minimum atomic E-state index is 1.14. The number of benzene rings is 4. The van der Waals surface area contributed by atoms with Crippen LogP contribution < -0.4 is 0 Å². The summed E-state index contributed by atoms with van der Waals surface area (Å²) in [5.41, 5.74) is 3.72. The van der Waals surface area contributed by atoms with E-state index in [1.165, 1.54) is 47.7 Å².